The van der Waals surface area contributed by atoms with Gasteiger partial charge in [-0.3, -0.25) is 25.2 Å². The molecule has 0 spiro atoms. The molecule has 1 N–H and O–H groups in total. The lowest BCUT2D eigenvalue weighted by molar-refractivity contribution is -0.384. The average Bonchev–Trinajstić information content (AvgIpc) is 3.38. The standard InChI is InChI=1S/C26H22N6O7/c1-14-5-7-16(8-6-14)30-21(24(35)39-4)20(23(34)38-3)26(13-27,25(30)28)19-15(2)29-31(22(19)33)17-9-11-18(12-10-17)32(36)37/h5-12,19,28H,1-4H3. The smallest absolute Gasteiger partial charge is 0.355 e. The Kier molecular flexibility index (Phi) is 6.72. The minimum Gasteiger partial charge on any atom is -0.466 e. The molecule has 198 valence electrons. The summed E-state index contributed by atoms with van der Waals surface area (Å²) in [5.41, 5.74) is -2.13. The van der Waals surface area contributed by atoms with Crippen LogP contribution in [0.5, 0.6) is 0 Å². The van der Waals surface area contributed by atoms with Gasteiger partial charge >= 0.3 is 11.9 Å². The highest BCUT2D eigenvalue weighted by Crippen LogP contribution is 2.51. The van der Waals surface area contributed by atoms with Crippen LogP contribution < -0.4 is 9.91 Å². The number of hydrogen-bond acceptors (Lipinski definition) is 10. The molecule has 0 saturated carbocycles. The lowest BCUT2D eigenvalue weighted by Crippen LogP contribution is -2.48. The Hall–Kier alpha value is -5.38. The third-order valence-electron chi connectivity index (χ3n) is 6.56. The molecule has 0 radical (unpaired) electrons. The Morgan fingerprint density at radius 3 is 2.13 bits per heavy atom. The molecule has 2 unspecified atom stereocenters. The SMILES string of the molecule is COC(=O)C1=C(C(=O)OC)C(C#N)(C2C(=O)N(c3ccc([N+](=O)[O-])cc3)N=C2C)C(=N)N1c1ccc(C)cc1. The normalized spacial score (nSPS) is 20.6. The van der Waals surface area contributed by atoms with E-state index in [0.717, 1.165) is 29.7 Å². The van der Waals surface area contributed by atoms with Crippen molar-refractivity contribution in [2.24, 2.45) is 16.4 Å². The molecule has 0 aromatic heterocycles. The van der Waals surface area contributed by atoms with Crippen LogP contribution in [0.15, 0.2) is 64.9 Å². The summed E-state index contributed by atoms with van der Waals surface area (Å²) in [5, 5.41) is 36.0. The van der Waals surface area contributed by atoms with Crippen molar-refractivity contribution in [3.8, 4) is 6.07 Å². The van der Waals surface area contributed by atoms with Crippen molar-refractivity contribution in [2.45, 2.75) is 13.8 Å². The van der Waals surface area contributed by atoms with Gasteiger partial charge in [-0.25, -0.2) is 14.6 Å². The molecule has 2 atom stereocenters. The fourth-order valence-corrected chi connectivity index (χ4v) is 4.73. The van der Waals surface area contributed by atoms with Gasteiger partial charge in [0.25, 0.3) is 11.6 Å². The van der Waals surface area contributed by atoms with E-state index in [0.29, 0.717) is 0 Å². The number of benzene rings is 2. The molecule has 2 aromatic carbocycles. The van der Waals surface area contributed by atoms with Gasteiger partial charge in [0.2, 0.25) is 0 Å². The second kappa shape index (κ2) is 9.82. The minimum atomic E-state index is -2.33. The van der Waals surface area contributed by atoms with Crippen LogP contribution in [0.2, 0.25) is 0 Å². The van der Waals surface area contributed by atoms with Gasteiger partial charge < -0.3 is 9.47 Å². The summed E-state index contributed by atoms with van der Waals surface area (Å²) < 4.78 is 9.86. The Morgan fingerprint density at radius 2 is 1.62 bits per heavy atom. The fourth-order valence-electron chi connectivity index (χ4n) is 4.73. The predicted octanol–water partition coefficient (Wildman–Crippen LogP) is 2.85. The molecule has 0 saturated heterocycles. The van der Waals surface area contributed by atoms with E-state index in [4.69, 9.17) is 14.9 Å². The lowest BCUT2D eigenvalue weighted by atomic mass is 9.68. The van der Waals surface area contributed by atoms with E-state index < -0.39 is 51.2 Å². The van der Waals surface area contributed by atoms with Gasteiger partial charge in [0, 0.05) is 17.8 Å². The largest absolute Gasteiger partial charge is 0.466 e. The molecule has 4 rings (SSSR count). The molecule has 2 aliphatic rings. The molecule has 0 aliphatic carbocycles. The van der Waals surface area contributed by atoms with E-state index in [1.165, 1.54) is 31.2 Å². The molecule has 0 fully saturated rings. The zero-order valence-corrected chi connectivity index (χ0v) is 21.3. The van der Waals surface area contributed by atoms with E-state index in [1.807, 2.05) is 13.0 Å². The van der Waals surface area contributed by atoms with Crippen LogP contribution in [0.1, 0.15) is 12.5 Å². The van der Waals surface area contributed by atoms with Gasteiger partial charge in [0.15, 0.2) is 5.41 Å². The Labute approximate surface area is 222 Å². The van der Waals surface area contributed by atoms with Gasteiger partial charge in [-0.15, -0.1) is 0 Å². The summed E-state index contributed by atoms with van der Waals surface area (Å²) in [7, 11) is 2.13. The van der Waals surface area contributed by atoms with E-state index in [9.17, 15) is 29.8 Å². The number of nitriles is 1. The van der Waals surface area contributed by atoms with Crippen LogP contribution >= 0.6 is 0 Å². The number of aryl methyl sites for hydroxylation is 1. The average molecular weight is 530 g/mol. The summed E-state index contributed by atoms with van der Waals surface area (Å²) in [6.45, 7) is 3.28. The number of methoxy groups -OCH3 is 2. The number of carbonyl (C=O) groups is 3. The number of nitro groups is 1. The molecule has 13 heteroatoms. The van der Waals surface area contributed by atoms with Gasteiger partial charge in [0.1, 0.15) is 17.5 Å². The molecule has 0 bridgehead atoms. The molecular formula is C26H22N6O7. The highest BCUT2D eigenvalue weighted by atomic mass is 16.6. The highest BCUT2D eigenvalue weighted by Gasteiger charge is 2.65. The first-order chi connectivity index (χ1) is 18.5. The lowest BCUT2D eigenvalue weighted by Gasteiger charge is -2.30. The molecule has 39 heavy (non-hydrogen) atoms. The topological polar surface area (TPSA) is 179 Å². The van der Waals surface area contributed by atoms with Crippen LogP contribution in [-0.4, -0.2) is 48.5 Å². The Balaban J connectivity index is 1.93. The predicted molar refractivity (Wildman–Crippen MR) is 138 cm³/mol. The maximum Gasteiger partial charge on any atom is 0.355 e. The molecule has 13 nitrogen and oxygen atoms in total. The minimum absolute atomic E-state index is 0.0704. The van der Waals surface area contributed by atoms with Crippen molar-refractivity contribution >= 4 is 46.5 Å². The second-order valence-corrected chi connectivity index (χ2v) is 8.74. The molecular weight excluding hydrogens is 508 g/mol. The summed E-state index contributed by atoms with van der Waals surface area (Å²) in [6.07, 6.45) is 0. The third-order valence-corrected chi connectivity index (χ3v) is 6.56. The number of esters is 2. The number of anilines is 2. The maximum absolute atomic E-state index is 13.8. The van der Waals surface area contributed by atoms with Crippen molar-refractivity contribution in [1.29, 1.82) is 10.7 Å². The number of hydrazone groups is 1. The first kappa shape index (κ1) is 26.7. The monoisotopic (exact) mass is 530 g/mol. The highest BCUT2D eigenvalue weighted by molar-refractivity contribution is 6.29. The summed E-state index contributed by atoms with van der Waals surface area (Å²) in [6, 6.07) is 13.6. The number of nitro benzene ring substituents is 1. The first-order valence-electron chi connectivity index (χ1n) is 11.4. The first-order valence-corrected chi connectivity index (χ1v) is 11.4. The van der Waals surface area contributed by atoms with Gasteiger partial charge in [-0.2, -0.15) is 10.4 Å². The Bertz CT molecular complexity index is 1520. The molecule has 2 aromatic rings. The summed E-state index contributed by atoms with van der Waals surface area (Å²) >= 11 is 0. The quantitative estimate of drug-likeness (QED) is 0.334. The number of non-ortho nitro benzene ring substituents is 1. The number of rotatable bonds is 6. The van der Waals surface area contributed by atoms with Crippen LogP contribution in [0.3, 0.4) is 0 Å². The zero-order valence-electron chi connectivity index (χ0n) is 21.3. The number of nitrogens with zero attached hydrogens (tertiary/aromatic N) is 5. The maximum atomic E-state index is 13.8. The number of amidine groups is 1. The second-order valence-electron chi connectivity index (χ2n) is 8.74. The molecule has 2 heterocycles. The number of hydrogen-bond donors (Lipinski definition) is 1. The van der Waals surface area contributed by atoms with Crippen molar-refractivity contribution in [3.05, 3.63) is 75.5 Å². The van der Waals surface area contributed by atoms with Crippen LogP contribution in [-0.2, 0) is 23.9 Å². The summed E-state index contributed by atoms with van der Waals surface area (Å²) in [5.74, 6) is -4.98. The number of ether oxygens (including phenoxy) is 2. The molecule has 1 amide bonds. The van der Waals surface area contributed by atoms with E-state index in [1.54, 1.807) is 24.3 Å². The van der Waals surface area contributed by atoms with Gasteiger partial charge in [0.05, 0.1) is 42.2 Å². The van der Waals surface area contributed by atoms with Crippen molar-refractivity contribution in [2.75, 3.05) is 24.1 Å². The van der Waals surface area contributed by atoms with Crippen LogP contribution in [0.25, 0.3) is 0 Å². The van der Waals surface area contributed by atoms with Crippen LogP contribution in [0.4, 0.5) is 17.1 Å². The van der Waals surface area contributed by atoms with Crippen molar-refractivity contribution in [3.63, 3.8) is 0 Å². The third kappa shape index (κ3) is 3.98. The van der Waals surface area contributed by atoms with Crippen LogP contribution in [0, 0.1) is 45.1 Å². The Morgan fingerprint density at radius 1 is 1.05 bits per heavy atom. The number of nitrogens with one attached hydrogen (secondary N) is 1. The van der Waals surface area contributed by atoms with Crippen molar-refractivity contribution in [1.82, 2.24) is 0 Å². The number of amides is 1. The molecule has 2 aliphatic heterocycles. The van der Waals surface area contributed by atoms with Crippen molar-refractivity contribution < 1.29 is 28.8 Å². The van der Waals surface area contributed by atoms with Gasteiger partial charge in [-0.05, 0) is 38.1 Å². The zero-order chi connectivity index (χ0) is 28.6. The number of carbonyl (C=O) groups excluding carboxylic acids is 3. The van der Waals surface area contributed by atoms with E-state index >= 15 is 0 Å². The summed E-state index contributed by atoms with van der Waals surface area (Å²) in [4.78, 5) is 51.7. The van der Waals surface area contributed by atoms with E-state index in [2.05, 4.69) is 5.10 Å². The fraction of sp³-hybridized carbons (Fsp3) is 0.231. The van der Waals surface area contributed by atoms with E-state index in [-0.39, 0.29) is 22.8 Å². The van der Waals surface area contributed by atoms with Gasteiger partial charge in [-0.1, -0.05) is 17.7 Å².